The van der Waals surface area contributed by atoms with Crippen LogP contribution >= 0.6 is 0 Å². The molecule has 0 heterocycles. The monoisotopic (exact) mass is 206 g/mol. The molecule has 3 nitrogen and oxygen atoms in total. The fourth-order valence-corrected chi connectivity index (χ4v) is 2.94. The quantitative estimate of drug-likeness (QED) is 0.711. The predicted molar refractivity (Wildman–Crippen MR) is 59.6 cm³/mol. The summed E-state index contributed by atoms with van der Waals surface area (Å²) in [5.41, 5.74) is 7.02. The van der Waals surface area contributed by atoms with Crippen molar-refractivity contribution >= 4 is 11.6 Å². The molecule has 1 amide bonds. The van der Waals surface area contributed by atoms with Crippen LogP contribution in [0, 0.1) is 23.2 Å². The van der Waals surface area contributed by atoms with E-state index in [4.69, 9.17) is 11.1 Å². The van der Waals surface area contributed by atoms with E-state index in [1.807, 2.05) is 0 Å². The number of rotatable bonds is 2. The molecule has 0 saturated heterocycles. The highest BCUT2D eigenvalue weighted by Gasteiger charge is 2.39. The Kier molecular flexibility index (Phi) is 2.63. The second kappa shape index (κ2) is 3.80. The molecule has 0 unspecified atom stereocenters. The summed E-state index contributed by atoms with van der Waals surface area (Å²) in [6, 6.07) is 0. The predicted octanol–water partition coefficient (Wildman–Crippen LogP) is 1.87. The van der Waals surface area contributed by atoms with Crippen molar-refractivity contribution in [2.75, 3.05) is 0 Å². The minimum absolute atomic E-state index is 0.248. The summed E-state index contributed by atoms with van der Waals surface area (Å²) in [4.78, 5) is 11.3. The molecular weight excluding hydrogens is 188 g/mol. The Bertz CT molecular complexity index is 333. The molecule has 15 heavy (non-hydrogen) atoms. The molecule has 2 rings (SSSR count). The lowest BCUT2D eigenvalue weighted by molar-refractivity contribution is -0.115. The molecular formula is C12H18N2O. The maximum absolute atomic E-state index is 11.3. The Balaban J connectivity index is 2.30. The van der Waals surface area contributed by atoms with Gasteiger partial charge in [-0.25, -0.2) is 0 Å². The number of hydrogen-bond acceptors (Lipinski definition) is 2. The van der Waals surface area contributed by atoms with Crippen molar-refractivity contribution in [2.24, 2.45) is 23.5 Å². The highest BCUT2D eigenvalue weighted by molar-refractivity contribution is 5.96. The summed E-state index contributed by atoms with van der Waals surface area (Å²) in [5, 5.41) is 7.89. The molecule has 0 aromatic carbocycles. The first-order valence-corrected chi connectivity index (χ1v) is 5.72. The molecule has 1 saturated carbocycles. The number of allylic oxidation sites excluding steroid dienone is 1. The van der Waals surface area contributed by atoms with E-state index in [0.717, 1.165) is 37.0 Å². The first-order chi connectivity index (χ1) is 7.13. The Morgan fingerprint density at radius 1 is 1.60 bits per heavy atom. The van der Waals surface area contributed by atoms with Crippen LogP contribution in [0.4, 0.5) is 0 Å². The summed E-state index contributed by atoms with van der Waals surface area (Å²) in [6.45, 7) is 2.12. The number of fused-ring (bicyclic) bond motifs is 1. The van der Waals surface area contributed by atoms with E-state index in [1.54, 1.807) is 0 Å². The number of carbonyl (C=O) groups excluding carboxylic acids is 1. The first kappa shape index (κ1) is 10.4. The summed E-state index contributed by atoms with van der Waals surface area (Å²) < 4.78 is 0. The number of carbonyl (C=O) groups is 1. The van der Waals surface area contributed by atoms with Crippen LogP contribution in [-0.4, -0.2) is 11.6 Å². The molecule has 3 N–H and O–H groups in total. The van der Waals surface area contributed by atoms with Gasteiger partial charge in [-0.3, -0.25) is 4.79 Å². The van der Waals surface area contributed by atoms with Gasteiger partial charge in [0.25, 0.3) is 0 Å². The fourth-order valence-electron chi connectivity index (χ4n) is 2.94. The minimum Gasteiger partial charge on any atom is -0.366 e. The normalized spacial score (nSPS) is 34.9. The van der Waals surface area contributed by atoms with Gasteiger partial charge < -0.3 is 11.1 Å². The van der Waals surface area contributed by atoms with Crippen LogP contribution in [0.3, 0.4) is 0 Å². The van der Waals surface area contributed by atoms with Crippen LogP contribution in [0.25, 0.3) is 0 Å². The van der Waals surface area contributed by atoms with Gasteiger partial charge in [0, 0.05) is 17.2 Å². The van der Waals surface area contributed by atoms with Crippen LogP contribution in [0.1, 0.15) is 32.6 Å². The van der Waals surface area contributed by atoms with E-state index in [9.17, 15) is 4.79 Å². The van der Waals surface area contributed by atoms with E-state index in [2.05, 4.69) is 13.0 Å². The van der Waals surface area contributed by atoms with E-state index in [1.165, 1.54) is 0 Å². The van der Waals surface area contributed by atoms with Crippen LogP contribution in [0.5, 0.6) is 0 Å². The number of primary amides is 1. The van der Waals surface area contributed by atoms with Gasteiger partial charge in [0.05, 0.1) is 0 Å². The molecule has 2 aliphatic carbocycles. The number of hydrogen-bond donors (Lipinski definition) is 2. The van der Waals surface area contributed by atoms with Gasteiger partial charge >= 0.3 is 0 Å². The van der Waals surface area contributed by atoms with Gasteiger partial charge in [0.1, 0.15) is 0 Å². The van der Waals surface area contributed by atoms with Gasteiger partial charge in [0.2, 0.25) is 5.91 Å². The number of nitrogens with two attached hydrogens (primary N) is 1. The zero-order valence-electron chi connectivity index (χ0n) is 9.12. The lowest BCUT2D eigenvalue weighted by atomic mass is 9.74. The van der Waals surface area contributed by atoms with Crippen LogP contribution < -0.4 is 5.73 Å². The SMILES string of the molecule is CC[C@H]1C=C(C(N)=O)[C@H]2CCC(=N)[C@H]2C1. The Morgan fingerprint density at radius 3 is 2.93 bits per heavy atom. The lowest BCUT2D eigenvalue weighted by Crippen LogP contribution is -2.30. The van der Waals surface area contributed by atoms with Crippen LogP contribution in [-0.2, 0) is 4.79 Å². The maximum atomic E-state index is 11.3. The highest BCUT2D eigenvalue weighted by Crippen LogP contribution is 2.43. The van der Waals surface area contributed by atoms with Crippen molar-refractivity contribution in [1.29, 1.82) is 5.41 Å². The Morgan fingerprint density at radius 2 is 2.33 bits per heavy atom. The Hall–Kier alpha value is -1.12. The van der Waals surface area contributed by atoms with Crippen molar-refractivity contribution in [3.8, 4) is 0 Å². The van der Waals surface area contributed by atoms with Gasteiger partial charge in [-0.15, -0.1) is 0 Å². The molecule has 82 valence electrons. The van der Waals surface area contributed by atoms with Crippen LogP contribution in [0.2, 0.25) is 0 Å². The Labute approximate surface area is 90.2 Å². The summed E-state index contributed by atoms with van der Waals surface area (Å²) in [5.74, 6) is 0.699. The van der Waals surface area contributed by atoms with Crippen molar-refractivity contribution in [2.45, 2.75) is 32.6 Å². The standard InChI is InChI=1S/C12H18N2O/c1-2-7-5-9-8(3-4-11(9)13)10(6-7)12(14)15/h6-9,13H,2-5H2,1H3,(H2,14,15)/t7-,8+,9+/m1/s1. The molecule has 0 spiro atoms. The molecule has 0 bridgehead atoms. The van der Waals surface area contributed by atoms with Crippen molar-refractivity contribution in [3.05, 3.63) is 11.6 Å². The molecule has 0 aliphatic heterocycles. The number of nitrogens with one attached hydrogen (secondary N) is 1. The highest BCUT2D eigenvalue weighted by atomic mass is 16.1. The topological polar surface area (TPSA) is 66.9 Å². The zero-order chi connectivity index (χ0) is 11.0. The molecule has 1 fully saturated rings. The van der Waals surface area contributed by atoms with E-state index in [-0.39, 0.29) is 11.8 Å². The average molecular weight is 206 g/mol. The van der Waals surface area contributed by atoms with Gasteiger partial charge in [-0.05, 0) is 37.5 Å². The van der Waals surface area contributed by atoms with Gasteiger partial charge in [-0.2, -0.15) is 0 Å². The molecule has 0 radical (unpaired) electrons. The van der Waals surface area contributed by atoms with Crippen LogP contribution in [0.15, 0.2) is 11.6 Å². The minimum atomic E-state index is -0.280. The van der Waals surface area contributed by atoms with E-state index in [0.29, 0.717) is 11.8 Å². The van der Waals surface area contributed by atoms with E-state index >= 15 is 0 Å². The summed E-state index contributed by atoms with van der Waals surface area (Å²) in [6.07, 6.45) is 5.91. The smallest absolute Gasteiger partial charge is 0.244 e. The molecule has 0 aromatic rings. The fraction of sp³-hybridized carbons (Fsp3) is 0.667. The third kappa shape index (κ3) is 1.71. The van der Waals surface area contributed by atoms with Gasteiger partial charge in [-0.1, -0.05) is 13.0 Å². The molecule has 3 atom stereocenters. The van der Waals surface area contributed by atoms with Crippen molar-refractivity contribution in [1.82, 2.24) is 0 Å². The lowest BCUT2D eigenvalue weighted by Gasteiger charge is -2.29. The first-order valence-electron chi connectivity index (χ1n) is 5.72. The second-order valence-corrected chi connectivity index (χ2v) is 4.67. The summed E-state index contributed by atoms with van der Waals surface area (Å²) >= 11 is 0. The summed E-state index contributed by atoms with van der Waals surface area (Å²) in [7, 11) is 0. The van der Waals surface area contributed by atoms with Crippen molar-refractivity contribution < 1.29 is 4.79 Å². The third-order valence-electron chi connectivity index (χ3n) is 3.84. The average Bonchev–Trinajstić information content (AvgIpc) is 2.59. The molecule has 3 heteroatoms. The maximum Gasteiger partial charge on any atom is 0.244 e. The number of amides is 1. The zero-order valence-corrected chi connectivity index (χ0v) is 9.12. The third-order valence-corrected chi connectivity index (χ3v) is 3.84. The molecule has 0 aromatic heterocycles. The van der Waals surface area contributed by atoms with E-state index < -0.39 is 0 Å². The second-order valence-electron chi connectivity index (χ2n) is 4.67. The van der Waals surface area contributed by atoms with Crippen molar-refractivity contribution in [3.63, 3.8) is 0 Å². The largest absolute Gasteiger partial charge is 0.366 e. The molecule has 2 aliphatic rings. The van der Waals surface area contributed by atoms with Gasteiger partial charge in [0.15, 0.2) is 0 Å².